The molecule has 3 N–H and O–H groups in total. The van der Waals surface area contributed by atoms with Crippen molar-refractivity contribution in [3.63, 3.8) is 0 Å². The average molecular weight is 193 g/mol. The van der Waals surface area contributed by atoms with Crippen LogP contribution in [0.5, 0.6) is 0 Å². The van der Waals surface area contributed by atoms with Gasteiger partial charge in [0, 0.05) is 6.92 Å². The third-order valence-corrected chi connectivity index (χ3v) is 1.43. The number of hydrogen-bond acceptors (Lipinski definition) is 3. The molecule has 0 saturated heterocycles. The summed E-state index contributed by atoms with van der Waals surface area (Å²) in [7, 11) is 0. The van der Waals surface area contributed by atoms with Gasteiger partial charge in [-0.3, -0.25) is 5.41 Å². The van der Waals surface area contributed by atoms with Gasteiger partial charge in [0.25, 0.3) is 0 Å². The largest absolute Gasteiger partial charge is 0.367 e. The number of para-hydroxylation sites is 1. The van der Waals surface area contributed by atoms with Crippen molar-refractivity contribution in [3.05, 3.63) is 30.3 Å². The first kappa shape index (κ1) is 10.0. The minimum absolute atomic E-state index is 0.341. The summed E-state index contributed by atoms with van der Waals surface area (Å²) in [5.41, 5.74) is 5.79. The van der Waals surface area contributed by atoms with Gasteiger partial charge in [0.1, 0.15) is 0 Å². The Labute approximate surface area is 81.5 Å². The van der Waals surface area contributed by atoms with E-state index in [1.165, 1.54) is 6.92 Å². The first-order chi connectivity index (χ1) is 6.61. The van der Waals surface area contributed by atoms with Crippen molar-refractivity contribution >= 4 is 17.6 Å². The average Bonchev–Trinajstić information content (AvgIpc) is 2.15. The first-order valence-electron chi connectivity index (χ1n) is 3.99. The summed E-state index contributed by atoms with van der Waals surface area (Å²) in [4.78, 5) is 15.5. The first-order valence-corrected chi connectivity index (χ1v) is 3.99. The molecule has 5 nitrogen and oxygen atoms in total. The van der Waals surface area contributed by atoms with E-state index < -0.39 is 5.97 Å². The second kappa shape index (κ2) is 4.27. The quantitative estimate of drug-likeness (QED) is 0.394. The van der Waals surface area contributed by atoms with Crippen molar-refractivity contribution in [2.24, 2.45) is 5.73 Å². The molecular formula is C9H11N3O2. The number of nitrogens with two attached hydrogens (primary N) is 1. The van der Waals surface area contributed by atoms with Crippen molar-refractivity contribution in [3.8, 4) is 0 Å². The summed E-state index contributed by atoms with van der Waals surface area (Å²) in [5.74, 6) is -0.865. The Balaban J connectivity index is 2.89. The van der Waals surface area contributed by atoms with Crippen molar-refractivity contribution in [2.75, 3.05) is 5.06 Å². The number of nitrogens with zero attached hydrogens (tertiary/aromatic N) is 1. The molecule has 1 aromatic carbocycles. The summed E-state index contributed by atoms with van der Waals surface area (Å²) in [6.45, 7) is 1.25. The van der Waals surface area contributed by atoms with Gasteiger partial charge in [-0.1, -0.05) is 18.2 Å². The molecule has 0 aliphatic rings. The van der Waals surface area contributed by atoms with Gasteiger partial charge in [0.15, 0.2) is 0 Å². The molecule has 0 aliphatic heterocycles. The van der Waals surface area contributed by atoms with Gasteiger partial charge in [-0.05, 0) is 12.1 Å². The van der Waals surface area contributed by atoms with Gasteiger partial charge in [-0.15, -0.1) is 5.06 Å². The molecule has 0 aliphatic carbocycles. The normalized spacial score (nSPS) is 9.21. The van der Waals surface area contributed by atoms with Crippen LogP contribution in [-0.2, 0) is 9.63 Å². The predicted octanol–water partition coefficient (Wildman–Crippen LogP) is 0.865. The molecule has 14 heavy (non-hydrogen) atoms. The fourth-order valence-corrected chi connectivity index (χ4v) is 0.933. The van der Waals surface area contributed by atoms with Gasteiger partial charge in [-0.2, -0.15) is 0 Å². The van der Waals surface area contributed by atoms with E-state index in [4.69, 9.17) is 16.0 Å². The summed E-state index contributed by atoms with van der Waals surface area (Å²) in [6, 6.07) is 8.70. The minimum atomic E-state index is -0.524. The Morgan fingerprint density at radius 2 is 2.00 bits per heavy atom. The second-order valence-electron chi connectivity index (χ2n) is 2.60. The highest BCUT2D eigenvalue weighted by atomic mass is 16.7. The van der Waals surface area contributed by atoms with Gasteiger partial charge in [-0.25, -0.2) is 4.79 Å². The summed E-state index contributed by atoms with van der Waals surface area (Å²) < 4.78 is 0. The van der Waals surface area contributed by atoms with Crippen LogP contribution in [0.25, 0.3) is 0 Å². The third-order valence-electron chi connectivity index (χ3n) is 1.43. The molecule has 0 heterocycles. The molecule has 0 saturated carbocycles. The van der Waals surface area contributed by atoms with Crippen LogP contribution in [0.2, 0.25) is 0 Å². The molecule has 74 valence electrons. The predicted molar refractivity (Wildman–Crippen MR) is 52.6 cm³/mol. The van der Waals surface area contributed by atoms with Crippen LogP contribution in [0.3, 0.4) is 0 Å². The van der Waals surface area contributed by atoms with Crippen LogP contribution in [0.15, 0.2) is 30.3 Å². The Hall–Kier alpha value is -2.04. The third kappa shape index (κ3) is 2.48. The number of rotatable bonds is 1. The number of hydroxylamine groups is 1. The van der Waals surface area contributed by atoms with Gasteiger partial charge in [0.05, 0.1) is 5.69 Å². The van der Waals surface area contributed by atoms with Crippen molar-refractivity contribution in [1.82, 2.24) is 0 Å². The molecule has 5 heteroatoms. The highest BCUT2D eigenvalue weighted by molar-refractivity contribution is 5.92. The van der Waals surface area contributed by atoms with Crippen molar-refractivity contribution in [2.45, 2.75) is 6.92 Å². The fraction of sp³-hybridized carbons (Fsp3) is 0.111. The molecule has 0 amide bonds. The standard InChI is InChI=1S/C9H11N3O2/c1-7(13)14-12(9(10)11)8-5-3-2-4-6-8/h2-6H,1H3,(H3,10,11). The molecule has 0 bridgehead atoms. The van der Waals surface area contributed by atoms with Crippen LogP contribution in [-0.4, -0.2) is 11.9 Å². The lowest BCUT2D eigenvalue weighted by molar-refractivity contribution is -0.140. The zero-order chi connectivity index (χ0) is 10.6. The van der Waals surface area contributed by atoms with E-state index in [1.54, 1.807) is 24.3 Å². The highest BCUT2D eigenvalue weighted by Gasteiger charge is 2.12. The van der Waals surface area contributed by atoms with E-state index in [9.17, 15) is 4.79 Å². The molecule has 0 spiro atoms. The van der Waals surface area contributed by atoms with E-state index in [2.05, 4.69) is 0 Å². The van der Waals surface area contributed by atoms with Crippen LogP contribution in [0.1, 0.15) is 6.92 Å². The Morgan fingerprint density at radius 3 is 2.43 bits per heavy atom. The Morgan fingerprint density at radius 1 is 1.43 bits per heavy atom. The van der Waals surface area contributed by atoms with E-state index in [0.29, 0.717) is 5.69 Å². The SMILES string of the molecule is CC(=O)ON(C(=N)N)c1ccccc1. The lowest BCUT2D eigenvalue weighted by atomic mass is 10.3. The van der Waals surface area contributed by atoms with Gasteiger partial charge < -0.3 is 10.6 Å². The molecule has 1 aromatic rings. The molecule has 0 atom stereocenters. The molecule has 1 rings (SSSR count). The number of nitrogens with one attached hydrogen (secondary N) is 1. The van der Waals surface area contributed by atoms with Crippen LogP contribution in [0.4, 0.5) is 5.69 Å². The topological polar surface area (TPSA) is 79.4 Å². The maximum atomic E-state index is 10.7. The number of carbonyl (C=O) groups excluding carboxylic acids is 1. The monoisotopic (exact) mass is 193 g/mol. The zero-order valence-electron chi connectivity index (χ0n) is 7.73. The van der Waals surface area contributed by atoms with Crippen molar-refractivity contribution in [1.29, 1.82) is 5.41 Å². The number of hydrogen-bond donors (Lipinski definition) is 2. The zero-order valence-corrected chi connectivity index (χ0v) is 7.73. The molecule has 0 aromatic heterocycles. The number of anilines is 1. The molecule has 0 fully saturated rings. The van der Waals surface area contributed by atoms with Gasteiger partial charge >= 0.3 is 5.97 Å². The van der Waals surface area contributed by atoms with E-state index >= 15 is 0 Å². The van der Waals surface area contributed by atoms with E-state index in [-0.39, 0.29) is 5.96 Å². The molecular weight excluding hydrogens is 182 g/mol. The lowest BCUT2D eigenvalue weighted by Gasteiger charge is -2.19. The summed E-state index contributed by atoms with van der Waals surface area (Å²) in [5, 5.41) is 8.17. The highest BCUT2D eigenvalue weighted by Crippen LogP contribution is 2.12. The lowest BCUT2D eigenvalue weighted by Crippen LogP contribution is -2.37. The molecule has 0 radical (unpaired) electrons. The van der Waals surface area contributed by atoms with Crippen LogP contribution < -0.4 is 10.8 Å². The number of benzene rings is 1. The number of carbonyl (C=O) groups is 1. The smallest absolute Gasteiger partial charge is 0.330 e. The van der Waals surface area contributed by atoms with Crippen molar-refractivity contribution < 1.29 is 9.63 Å². The molecule has 0 unspecified atom stereocenters. The minimum Gasteiger partial charge on any atom is -0.367 e. The Kier molecular flexibility index (Phi) is 3.06. The number of guanidine groups is 1. The fourth-order valence-electron chi connectivity index (χ4n) is 0.933. The Bertz CT molecular complexity index is 337. The summed E-state index contributed by atoms with van der Waals surface area (Å²) >= 11 is 0. The maximum Gasteiger partial charge on any atom is 0.330 e. The second-order valence-corrected chi connectivity index (χ2v) is 2.60. The van der Waals surface area contributed by atoms with Crippen LogP contribution in [0, 0.1) is 5.41 Å². The van der Waals surface area contributed by atoms with E-state index in [1.807, 2.05) is 6.07 Å². The van der Waals surface area contributed by atoms with Crippen LogP contribution >= 0.6 is 0 Å². The summed E-state index contributed by atoms with van der Waals surface area (Å²) in [6.07, 6.45) is 0. The van der Waals surface area contributed by atoms with E-state index in [0.717, 1.165) is 5.06 Å². The maximum absolute atomic E-state index is 10.7. The van der Waals surface area contributed by atoms with Gasteiger partial charge in [0.2, 0.25) is 5.96 Å².